The Morgan fingerprint density at radius 3 is 1.67 bits per heavy atom. The highest BCUT2D eigenvalue weighted by molar-refractivity contribution is 6.05. The van der Waals surface area contributed by atoms with Gasteiger partial charge in [0.15, 0.2) is 0 Å². The lowest BCUT2D eigenvalue weighted by Crippen LogP contribution is -2.25. The molecule has 0 heterocycles. The molecule has 0 radical (unpaired) electrons. The van der Waals surface area contributed by atoms with E-state index in [1.54, 1.807) is 0 Å². The first kappa shape index (κ1) is 15.0. The molecule has 0 saturated heterocycles. The van der Waals surface area contributed by atoms with Crippen molar-refractivity contribution >= 4 is 17.7 Å². The van der Waals surface area contributed by atoms with E-state index in [0.717, 1.165) is 32.1 Å². The normalized spacial score (nSPS) is 15.6. The lowest BCUT2D eigenvalue weighted by molar-refractivity contribution is 0.0997. The molecule has 1 fully saturated rings. The Bertz CT molecular complexity index is 569. The molecule has 0 aliphatic heterocycles. The van der Waals surface area contributed by atoms with Gasteiger partial charge in [-0.15, -0.1) is 0 Å². The number of carbonyl (C=O) groups is 3. The summed E-state index contributed by atoms with van der Waals surface area (Å²) in [6.07, 6.45) is 4.93. The fourth-order valence-electron chi connectivity index (χ4n) is 3.03. The molecule has 2 rings (SSSR count). The Morgan fingerprint density at radius 2 is 1.29 bits per heavy atom. The van der Waals surface area contributed by atoms with E-state index in [-0.39, 0.29) is 22.6 Å². The monoisotopic (exact) mass is 289 g/mol. The predicted octanol–water partition coefficient (Wildman–Crippen LogP) is 1.03. The van der Waals surface area contributed by atoms with Gasteiger partial charge in [-0.05, 0) is 36.5 Å². The van der Waals surface area contributed by atoms with Gasteiger partial charge in [-0.2, -0.15) is 0 Å². The van der Waals surface area contributed by atoms with Crippen molar-refractivity contribution in [2.75, 3.05) is 0 Å². The Hall–Kier alpha value is -2.37. The maximum Gasteiger partial charge on any atom is 0.249 e. The molecule has 112 valence electrons. The molecule has 0 unspecified atom stereocenters. The van der Waals surface area contributed by atoms with Crippen LogP contribution in [0.2, 0.25) is 0 Å². The number of rotatable bonds is 4. The van der Waals surface area contributed by atoms with Crippen molar-refractivity contribution in [3.05, 3.63) is 34.4 Å². The van der Waals surface area contributed by atoms with Crippen LogP contribution in [0, 0.1) is 0 Å². The van der Waals surface area contributed by atoms with Gasteiger partial charge < -0.3 is 17.2 Å². The Balaban J connectivity index is 2.66. The molecule has 1 aliphatic rings. The van der Waals surface area contributed by atoms with Crippen molar-refractivity contribution in [1.29, 1.82) is 0 Å². The predicted molar refractivity (Wildman–Crippen MR) is 77.8 cm³/mol. The van der Waals surface area contributed by atoms with Crippen molar-refractivity contribution < 1.29 is 14.4 Å². The third-order valence-electron chi connectivity index (χ3n) is 4.01. The molecule has 0 bridgehead atoms. The second-order valence-electron chi connectivity index (χ2n) is 5.41. The smallest absolute Gasteiger partial charge is 0.249 e. The van der Waals surface area contributed by atoms with Gasteiger partial charge in [0, 0.05) is 16.7 Å². The summed E-state index contributed by atoms with van der Waals surface area (Å²) in [6, 6.07) is 2.72. The van der Waals surface area contributed by atoms with Crippen molar-refractivity contribution in [3.8, 4) is 0 Å². The van der Waals surface area contributed by atoms with Gasteiger partial charge in [0.05, 0.1) is 0 Å². The number of carbonyl (C=O) groups excluding carboxylic acids is 3. The van der Waals surface area contributed by atoms with E-state index < -0.39 is 17.7 Å². The summed E-state index contributed by atoms with van der Waals surface area (Å²) in [7, 11) is 0. The molecular formula is C15H19N3O3. The highest BCUT2D eigenvalue weighted by Gasteiger charge is 2.27. The average molecular weight is 289 g/mol. The molecule has 6 N–H and O–H groups in total. The Labute approximate surface area is 122 Å². The summed E-state index contributed by atoms with van der Waals surface area (Å²) >= 11 is 0. The van der Waals surface area contributed by atoms with Crippen LogP contribution in [0.25, 0.3) is 0 Å². The van der Waals surface area contributed by atoms with Crippen LogP contribution in [0.5, 0.6) is 0 Å². The molecule has 6 heteroatoms. The van der Waals surface area contributed by atoms with E-state index in [1.807, 2.05) is 0 Å². The zero-order valence-corrected chi connectivity index (χ0v) is 11.7. The fraction of sp³-hybridized carbons (Fsp3) is 0.400. The van der Waals surface area contributed by atoms with Gasteiger partial charge in [-0.1, -0.05) is 19.3 Å². The minimum absolute atomic E-state index is 0.0608. The minimum Gasteiger partial charge on any atom is -0.366 e. The topological polar surface area (TPSA) is 129 Å². The van der Waals surface area contributed by atoms with Crippen molar-refractivity contribution in [2.24, 2.45) is 17.2 Å². The Morgan fingerprint density at radius 1 is 0.810 bits per heavy atom. The van der Waals surface area contributed by atoms with Crippen LogP contribution >= 0.6 is 0 Å². The summed E-state index contributed by atoms with van der Waals surface area (Å²) in [5.41, 5.74) is 17.1. The second-order valence-corrected chi connectivity index (χ2v) is 5.41. The first-order valence-electron chi connectivity index (χ1n) is 6.99. The van der Waals surface area contributed by atoms with Crippen LogP contribution in [-0.4, -0.2) is 17.7 Å². The first-order chi connectivity index (χ1) is 9.91. The van der Waals surface area contributed by atoms with Crippen LogP contribution in [0.3, 0.4) is 0 Å². The highest BCUT2D eigenvalue weighted by atomic mass is 16.2. The van der Waals surface area contributed by atoms with E-state index in [4.69, 9.17) is 17.2 Å². The summed E-state index contributed by atoms with van der Waals surface area (Å²) < 4.78 is 0. The number of amides is 3. The van der Waals surface area contributed by atoms with Crippen LogP contribution < -0.4 is 17.2 Å². The van der Waals surface area contributed by atoms with Crippen molar-refractivity contribution in [1.82, 2.24) is 0 Å². The highest BCUT2D eigenvalue weighted by Crippen LogP contribution is 2.36. The number of benzene rings is 1. The minimum atomic E-state index is -0.727. The van der Waals surface area contributed by atoms with Gasteiger partial charge in [-0.25, -0.2) is 0 Å². The van der Waals surface area contributed by atoms with Gasteiger partial charge in [0.25, 0.3) is 0 Å². The molecule has 6 nitrogen and oxygen atoms in total. The summed E-state index contributed by atoms with van der Waals surface area (Å²) in [6.45, 7) is 0. The summed E-state index contributed by atoms with van der Waals surface area (Å²) in [5, 5.41) is 0. The van der Waals surface area contributed by atoms with Crippen LogP contribution in [0.4, 0.5) is 0 Å². The SMILES string of the molecule is NC(=O)c1cc(C(N)=O)c(C2CCCCC2)c(C(N)=O)c1. The van der Waals surface area contributed by atoms with E-state index in [9.17, 15) is 14.4 Å². The summed E-state index contributed by atoms with van der Waals surface area (Å²) in [4.78, 5) is 34.8. The maximum atomic E-state index is 11.7. The van der Waals surface area contributed by atoms with E-state index in [1.165, 1.54) is 12.1 Å². The average Bonchev–Trinajstić information content (AvgIpc) is 2.46. The van der Waals surface area contributed by atoms with Gasteiger partial charge in [0.1, 0.15) is 0 Å². The largest absolute Gasteiger partial charge is 0.366 e. The number of nitrogens with two attached hydrogens (primary N) is 3. The molecular weight excluding hydrogens is 270 g/mol. The third-order valence-corrected chi connectivity index (χ3v) is 4.01. The van der Waals surface area contributed by atoms with E-state index in [0.29, 0.717) is 5.56 Å². The molecule has 21 heavy (non-hydrogen) atoms. The zero-order chi connectivity index (χ0) is 15.6. The van der Waals surface area contributed by atoms with Crippen LogP contribution in [0.15, 0.2) is 12.1 Å². The molecule has 0 atom stereocenters. The van der Waals surface area contributed by atoms with Crippen LogP contribution in [0.1, 0.15) is 74.7 Å². The van der Waals surface area contributed by atoms with Gasteiger partial charge >= 0.3 is 0 Å². The second kappa shape index (κ2) is 5.95. The molecule has 1 aromatic rings. The van der Waals surface area contributed by atoms with Crippen molar-refractivity contribution in [2.45, 2.75) is 38.0 Å². The van der Waals surface area contributed by atoms with Gasteiger partial charge in [-0.3, -0.25) is 14.4 Å². The Kier molecular flexibility index (Phi) is 4.26. The quantitative estimate of drug-likeness (QED) is 0.765. The standard InChI is InChI=1S/C15H19N3O3/c16-13(19)9-6-10(14(17)20)12(11(7-9)15(18)21)8-4-2-1-3-5-8/h6-8H,1-5H2,(H2,16,19)(H2,17,20)(H2,18,21). The van der Waals surface area contributed by atoms with Crippen LogP contribution in [-0.2, 0) is 0 Å². The fourth-order valence-corrected chi connectivity index (χ4v) is 3.03. The van der Waals surface area contributed by atoms with E-state index >= 15 is 0 Å². The lowest BCUT2D eigenvalue weighted by atomic mass is 9.79. The third kappa shape index (κ3) is 3.04. The number of primary amides is 3. The number of hydrogen-bond acceptors (Lipinski definition) is 3. The molecule has 1 saturated carbocycles. The molecule has 0 aromatic heterocycles. The van der Waals surface area contributed by atoms with E-state index in [2.05, 4.69) is 0 Å². The zero-order valence-electron chi connectivity index (χ0n) is 11.7. The summed E-state index contributed by atoms with van der Waals surface area (Å²) in [5.74, 6) is -2.02. The molecule has 0 spiro atoms. The maximum absolute atomic E-state index is 11.7. The molecule has 1 aliphatic carbocycles. The number of hydrogen-bond donors (Lipinski definition) is 3. The molecule has 3 amide bonds. The molecule has 1 aromatic carbocycles. The van der Waals surface area contributed by atoms with Crippen molar-refractivity contribution in [3.63, 3.8) is 0 Å². The van der Waals surface area contributed by atoms with Gasteiger partial charge in [0.2, 0.25) is 17.7 Å². The lowest BCUT2D eigenvalue weighted by Gasteiger charge is -2.25. The first-order valence-corrected chi connectivity index (χ1v) is 6.99.